The van der Waals surface area contributed by atoms with E-state index in [0.717, 1.165) is 25.9 Å². The number of nitrogens with one attached hydrogen (secondary N) is 1. The van der Waals surface area contributed by atoms with Gasteiger partial charge in [0.15, 0.2) is 0 Å². The van der Waals surface area contributed by atoms with Gasteiger partial charge < -0.3 is 10.2 Å². The van der Waals surface area contributed by atoms with Crippen molar-refractivity contribution >= 4 is 35.3 Å². The van der Waals surface area contributed by atoms with Crippen LogP contribution in [0.15, 0.2) is 24.3 Å². The second-order valence-corrected chi connectivity index (χ2v) is 8.51. The third kappa shape index (κ3) is 4.44. The van der Waals surface area contributed by atoms with Crippen molar-refractivity contribution in [3.05, 3.63) is 35.4 Å². The van der Waals surface area contributed by atoms with Gasteiger partial charge in [-0.25, -0.2) is 0 Å². The van der Waals surface area contributed by atoms with E-state index in [9.17, 15) is 9.59 Å². The maximum Gasteiger partial charge on any atom is 0.251 e. The lowest BCUT2D eigenvalue weighted by molar-refractivity contribution is -0.127. The van der Waals surface area contributed by atoms with Gasteiger partial charge in [0.05, 0.1) is 4.58 Å². The molecule has 2 amide bonds. The van der Waals surface area contributed by atoms with Crippen LogP contribution in [0.4, 0.5) is 0 Å². The number of hydrogen-bond acceptors (Lipinski definition) is 4. The van der Waals surface area contributed by atoms with Crippen molar-refractivity contribution in [3.63, 3.8) is 0 Å². The van der Waals surface area contributed by atoms with Crippen LogP contribution in [0, 0.1) is 0 Å². The first-order chi connectivity index (χ1) is 11.2. The van der Waals surface area contributed by atoms with Crippen LogP contribution in [0.2, 0.25) is 0 Å². The molecule has 2 heterocycles. The maximum absolute atomic E-state index is 12.1. The van der Waals surface area contributed by atoms with Crippen LogP contribution in [0.3, 0.4) is 0 Å². The zero-order valence-corrected chi connectivity index (χ0v) is 14.8. The van der Waals surface area contributed by atoms with Gasteiger partial charge in [-0.3, -0.25) is 9.59 Å². The van der Waals surface area contributed by atoms with E-state index in [1.165, 1.54) is 17.1 Å². The standard InChI is InChI=1S/C17H22N2O2S2/c20-15-3-1-9-19(15)10-2-8-18-16(21)13-4-6-14(7-5-13)17-22-11-12-23-17/h4-7,17H,1-3,8-12H2,(H,18,21). The Morgan fingerprint density at radius 1 is 1.22 bits per heavy atom. The van der Waals surface area contributed by atoms with Crippen molar-refractivity contribution < 1.29 is 9.59 Å². The van der Waals surface area contributed by atoms with Crippen LogP contribution in [-0.2, 0) is 4.79 Å². The molecule has 3 rings (SSSR count). The van der Waals surface area contributed by atoms with Gasteiger partial charge in [-0.05, 0) is 30.5 Å². The summed E-state index contributed by atoms with van der Waals surface area (Å²) in [5.41, 5.74) is 2.00. The Labute approximate surface area is 145 Å². The average Bonchev–Trinajstić information content (AvgIpc) is 3.23. The zero-order valence-electron chi connectivity index (χ0n) is 13.1. The number of likely N-dealkylation sites (tertiary alicyclic amines) is 1. The van der Waals surface area contributed by atoms with Crippen molar-refractivity contribution in [2.45, 2.75) is 23.8 Å². The van der Waals surface area contributed by atoms with Crippen molar-refractivity contribution in [2.75, 3.05) is 31.1 Å². The molecule has 0 spiro atoms. The fraction of sp³-hybridized carbons (Fsp3) is 0.529. The van der Waals surface area contributed by atoms with Crippen molar-refractivity contribution in [2.24, 2.45) is 0 Å². The highest BCUT2D eigenvalue weighted by Crippen LogP contribution is 2.45. The third-order valence-electron chi connectivity index (χ3n) is 4.13. The highest BCUT2D eigenvalue weighted by atomic mass is 32.2. The number of rotatable bonds is 6. The predicted octanol–water partition coefficient (Wildman–Crippen LogP) is 2.91. The molecule has 23 heavy (non-hydrogen) atoms. The Morgan fingerprint density at radius 3 is 2.61 bits per heavy atom. The summed E-state index contributed by atoms with van der Waals surface area (Å²) in [5, 5.41) is 2.94. The summed E-state index contributed by atoms with van der Waals surface area (Å²) in [5.74, 6) is 2.62. The molecule has 0 radical (unpaired) electrons. The van der Waals surface area contributed by atoms with Crippen molar-refractivity contribution in [1.29, 1.82) is 0 Å². The van der Waals surface area contributed by atoms with Gasteiger partial charge in [0.1, 0.15) is 0 Å². The number of thioether (sulfide) groups is 2. The fourth-order valence-electron chi connectivity index (χ4n) is 2.86. The molecule has 0 atom stereocenters. The summed E-state index contributed by atoms with van der Waals surface area (Å²) in [4.78, 5) is 25.5. The van der Waals surface area contributed by atoms with E-state index < -0.39 is 0 Å². The highest BCUT2D eigenvalue weighted by molar-refractivity contribution is 8.19. The molecule has 0 unspecified atom stereocenters. The molecule has 2 aliphatic heterocycles. The van der Waals surface area contributed by atoms with E-state index in [1.807, 2.05) is 40.6 Å². The number of amides is 2. The topological polar surface area (TPSA) is 49.4 Å². The fourth-order valence-corrected chi connectivity index (χ4v) is 5.72. The number of carbonyl (C=O) groups is 2. The minimum atomic E-state index is -0.0315. The number of nitrogens with zero attached hydrogens (tertiary/aromatic N) is 1. The van der Waals surface area contributed by atoms with Crippen LogP contribution in [0.25, 0.3) is 0 Å². The molecule has 1 N–H and O–H groups in total. The Morgan fingerprint density at radius 2 is 1.96 bits per heavy atom. The quantitative estimate of drug-likeness (QED) is 0.802. The highest BCUT2D eigenvalue weighted by Gasteiger charge is 2.20. The SMILES string of the molecule is O=C(NCCCN1CCCC1=O)c1ccc(C2SCCS2)cc1. The summed E-state index contributed by atoms with van der Waals surface area (Å²) >= 11 is 3.94. The zero-order chi connectivity index (χ0) is 16.1. The molecule has 2 fully saturated rings. The average molecular weight is 351 g/mol. The Kier molecular flexibility index (Phi) is 5.89. The molecule has 2 aliphatic rings. The number of hydrogen-bond donors (Lipinski definition) is 1. The maximum atomic E-state index is 12.1. The van der Waals surface area contributed by atoms with Gasteiger partial charge in [0, 0.05) is 43.1 Å². The first-order valence-electron chi connectivity index (χ1n) is 8.13. The molecule has 0 bridgehead atoms. The molecule has 1 aromatic carbocycles. The molecule has 0 aliphatic carbocycles. The van der Waals surface area contributed by atoms with Crippen LogP contribution in [0.1, 0.15) is 39.8 Å². The minimum Gasteiger partial charge on any atom is -0.352 e. The van der Waals surface area contributed by atoms with E-state index in [4.69, 9.17) is 0 Å². The van der Waals surface area contributed by atoms with Crippen LogP contribution in [-0.4, -0.2) is 47.9 Å². The van der Waals surface area contributed by atoms with Crippen molar-refractivity contribution in [1.82, 2.24) is 10.2 Å². The van der Waals surface area contributed by atoms with Gasteiger partial charge in [-0.1, -0.05) is 12.1 Å². The molecular formula is C17H22N2O2S2. The Balaban J connectivity index is 1.41. The Bertz CT molecular complexity index is 556. The van der Waals surface area contributed by atoms with E-state index in [1.54, 1.807) is 0 Å². The Hall–Kier alpha value is -1.14. The second kappa shape index (κ2) is 8.11. The molecule has 4 nitrogen and oxygen atoms in total. The van der Waals surface area contributed by atoms with Gasteiger partial charge in [0.2, 0.25) is 5.91 Å². The summed E-state index contributed by atoms with van der Waals surface area (Å²) in [6.45, 7) is 2.22. The smallest absolute Gasteiger partial charge is 0.251 e. The number of benzene rings is 1. The second-order valence-electron chi connectivity index (χ2n) is 5.79. The lowest BCUT2D eigenvalue weighted by Crippen LogP contribution is -2.30. The first-order valence-corrected chi connectivity index (χ1v) is 10.2. The van der Waals surface area contributed by atoms with Crippen LogP contribution < -0.4 is 5.32 Å². The molecule has 124 valence electrons. The van der Waals surface area contributed by atoms with Crippen LogP contribution in [0.5, 0.6) is 0 Å². The van der Waals surface area contributed by atoms with Gasteiger partial charge in [-0.2, -0.15) is 0 Å². The first kappa shape index (κ1) is 16.7. The molecular weight excluding hydrogens is 328 g/mol. The van der Waals surface area contributed by atoms with E-state index in [2.05, 4.69) is 17.4 Å². The monoisotopic (exact) mass is 350 g/mol. The lowest BCUT2D eigenvalue weighted by Gasteiger charge is -2.15. The molecule has 0 aromatic heterocycles. The minimum absolute atomic E-state index is 0.0315. The number of carbonyl (C=O) groups excluding carboxylic acids is 2. The summed E-state index contributed by atoms with van der Waals surface area (Å²) in [6.07, 6.45) is 2.45. The molecule has 2 saturated heterocycles. The molecule has 1 aromatic rings. The van der Waals surface area contributed by atoms with Gasteiger partial charge >= 0.3 is 0 Å². The molecule has 0 saturated carbocycles. The van der Waals surface area contributed by atoms with Crippen LogP contribution >= 0.6 is 23.5 Å². The van der Waals surface area contributed by atoms with Crippen molar-refractivity contribution in [3.8, 4) is 0 Å². The van der Waals surface area contributed by atoms with Gasteiger partial charge in [-0.15, -0.1) is 23.5 Å². The largest absolute Gasteiger partial charge is 0.352 e. The summed E-state index contributed by atoms with van der Waals surface area (Å²) in [6, 6.07) is 7.95. The van der Waals surface area contributed by atoms with E-state index >= 15 is 0 Å². The van der Waals surface area contributed by atoms with Gasteiger partial charge in [0.25, 0.3) is 5.91 Å². The predicted molar refractivity (Wildman–Crippen MR) is 96.9 cm³/mol. The van der Waals surface area contributed by atoms with E-state index in [-0.39, 0.29) is 11.8 Å². The molecule has 6 heteroatoms. The normalized spacial score (nSPS) is 18.6. The lowest BCUT2D eigenvalue weighted by atomic mass is 10.1. The summed E-state index contributed by atoms with van der Waals surface area (Å²) in [7, 11) is 0. The third-order valence-corrected chi connectivity index (χ3v) is 7.23. The van der Waals surface area contributed by atoms with E-state index in [0.29, 0.717) is 23.1 Å². The summed E-state index contributed by atoms with van der Waals surface area (Å²) < 4.78 is 0.519.